The maximum atomic E-state index is 6.04. The number of thiophene rings is 1. The van der Waals surface area contributed by atoms with Crippen molar-refractivity contribution in [1.29, 1.82) is 0 Å². The molecule has 5 nitrogen and oxygen atoms in total. The summed E-state index contributed by atoms with van der Waals surface area (Å²) >= 11 is 1.83. The summed E-state index contributed by atoms with van der Waals surface area (Å²) in [5.41, 5.74) is 2.25. The van der Waals surface area contributed by atoms with Gasteiger partial charge in [-0.25, -0.2) is 0 Å². The highest BCUT2D eigenvalue weighted by Crippen LogP contribution is 2.27. The van der Waals surface area contributed by atoms with E-state index in [2.05, 4.69) is 32.5 Å². The first-order chi connectivity index (χ1) is 11.2. The quantitative estimate of drug-likeness (QED) is 0.860. The van der Waals surface area contributed by atoms with E-state index in [4.69, 9.17) is 9.26 Å². The van der Waals surface area contributed by atoms with Gasteiger partial charge in [-0.1, -0.05) is 11.2 Å². The number of rotatable bonds is 4. The van der Waals surface area contributed by atoms with E-state index >= 15 is 0 Å². The molecule has 0 aromatic carbocycles. The Morgan fingerprint density at radius 3 is 2.96 bits per heavy atom. The Bertz CT molecular complexity index is 635. The average Bonchev–Trinajstić information content (AvgIpc) is 3.25. The molecule has 2 aliphatic heterocycles. The van der Waals surface area contributed by atoms with Gasteiger partial charge in [0.1, 0.15) is 5.76 Å². The van der Waals surface area contributed by atoms with Crippen molar-refractivity contribution in [1.82, 2.24) is 15.0 Å². The van der Waals surface area contributed by atoms with Crippen molar-refractivity contribution in [2.75, 3.05) is 26.2 Å². The van der Waals surface area contributed by atoms with Gasteiger partial charge in [0.15, 0.2) is 0 Å². The predicted molar refractivity (Wildman–Crippen MR) is 89.5 cm³/mol. The molecule has 0 bridgehead atoms. The van der Waals surface area contributed by atoms with Crippen molar-refractivity contribution >= 4 is 11.3 Å². The van der Waals surface area contributed by atoms with Crippen LogP contribution >= 0.6 is 11.3 Å². The van der Waals surface area contributed by atoms with E-state index in [1.165, 1.54) is 10.4 Å². The first-order valence-corrected chi connectivity index (χ1v) is 9.11. The van der Waals surface area contributed by atoms with Gasteiger partial charge in [-0.2, -0.15) is 0 Å². The minimum Gasteiger partial charge on any atom is -0.374 e. The van der Waals surface area contributed by atoms with E-state index in [1.807, 2.05) is 25.2 Å². The molecule has 2 fully saturated rings. The molecular weight excluding hydrogens is 310 g/mol. The number of likely N-dealkylation sites (tertiary alicyclic amines) is 1. The van der Waals surface area contributed by atoms with Crippen molar-refractivity contribution in [3.63, 3.8) is 0 Å². The maximum Gasteiger partial charge on any atom is 0.138 e. The zero-order valence-corrected chi connectivity index (χ0v) is 14.5. The smallest absolute Gasteiger partial charge is 0.138 e. The second-order valence-corrected chi connectivity index (χ2v) is 7.56. The predicted octanol–water partition coefficient (Wildman–Crippen LogP) is 2.44. The molecule has 2 saturated heterocycles. The van der Waals surface area contributed by atoms with Gasteiger partial charge in [0, 0.05) is 43.2 Å². The SMILES string of the molecule is Cc1noc(C)c1CN1CCO[C@H]2CN(Cc3cccs3)C[C@@H]21. The first-order valence-electron chi connectivity index (χ1n) is 8.23. The molecule has 124 valence electrons. The lowest BCUT2D eigenvalue weighted by molar-refractivity contribution is -0.0506. The number of hydrogen-bond acceptors (Lipinski definition) is 6. The molecule has 2 aromatic rings. The summed E-state index contributed by atoms with van der Waals surface area (Å²) in [7, 11) is 0. The van der Waals surface area contributed by atoms with Crippen LogP contribution in [0.1, 0.15) is 21.9 Å². The molecule has 23 heavy (non-hydrogen) atoms. The molecule has 0 unspecified atom stereocenters. The number of aryl methyl sites for hydroxylation is 2. The monoisotopic (exact) mass is 333 g/mol. The van der Waals surface area contributed by atoms with E-state index in [1.54, 1.807) is 0 Å². The molecule has 2 atom stereocenters. The molecule has 4 rings (SSSR count). The van der Waals surface area contributed by atoms with Crippen molar-refractivity contribution in [2.24, 2.45) is 0 Å². The Hall–Kier alpha value is -1.21. The number of fused-ring (bicyclic) bond motifs is 1. The number of aromatic nitrogens is 1. The van der Waals surface area contributed by atoms with Crippen molar-refractivity contribution in [3.05, 3.63) is 39.4 Å². The Kier molecular flexibility index (Phi) is 4.24. The van der Waals surface area contributed by atoms with Gasteiger partial charge in [-0.3, -0.25) is 9.80 Å². The molecule has 4 heterocycles. The molecule has 0 spiro atoms. The van der Waals surface area contributed by atoms with Crippen LogP contribution in [0.15, 0.2) is 22.0 Å². The summed E-state index contributed by atoms with van der Waals surface area (Å²) < 4.78 is 11.4. The summed E-state index contributed by atoms with van der Waals surface area (Å²) in [5, 5.41) is 6.24. The topological polar surface area (TPSA) is 41.7 Å². The fraction of sp³-hybridized carbons (Fsp3) is 0.588. The number of hydrogen-bond donors (Lipinski definition) is 0. The first kappa shape index (κ1) is 15.3. The normalized spacial score (nSPS) is 25.8. The fourth-order valence-electron chi connectivity index (χ4n) is 3.71. The lowest BCUT2D eigenvalue weighted by Crippen LogP contribution is -2.50. The largest absolute Gasteiger partial charge is 0.374 e. The number of nitrogens with zero attached hydrogens (tertiary/aromatic N) is 3. The van der Waals surface area contributed by atoms with Crippen molar-refractivity contribution < 1.29 is 9.26 Å². The second-order valence-electron chi connectivity index (χ2n) is 6.52. The molecule has 0 radical (unpaired) electrons. The Labute approximate surface area is 140 Å². The molecule has 6 heteroatoms. The maximum absolute atomic E-state index is 6.04. The third-order valence-corrected chi connectivity index (χ3v) is 5.86. The molecule has 0 N–H and O–H groups in total. The summed E-state index contributed by atoms with van der Waals surface area (Å²) in [6.45, 7) is 9.89. The minimum atomic E-state index is 0.323. The van der Waals surface area contributed by atoms with E-state index in [9.17, 15) is 0 Å². The van der Waals surface area contributed by atoms with E-state index in [0.717, 1.165) is 50.8 Å². The molecule has 2 aliphatic rings. The van der Waals surface area contributed by atoms with Crippen LogP contribution in [-0.4, -0.2) is 53.3 Å². The van der Waals surface area contributed by atoms with E-state index in [-0.39, 0.29) is 0 Å². The Morgan fingerprint density at radius 2 is 2.22 bits per heavy atom. The number of morpholine rings is 1. The third kappa shape index (κ3) is 3.08. The van der Waals surface area contributed by atoms with Crippen molar-refractivity contribution in [3.8, 4) is 0 Å². The zero-order valence-electron chi connectivity index (χ0n) is 13.7. The lowest BCUT2D eigenvalue weighted by Gasteiger charge is -2.36. The van der Waals surface area contributed by atoms with Gasteiger partial charge in [-0.05, 0) is 25.3 Å². The van der Waals surface area contributed by atoms with Crippen LogP contribution in [0.3, 0.4) is 0 Å². The number of ether oxygens (including phenoxy) is 1. The second kappa shape index (κ2) is 6.36. The molecule has 0 amide bonds. The minimum absolute atomic E-state index is 0.323. The fourth-order valence-corrected chi connectivity index (χ4v) is 4.46. The highest BCUT2D eigenvalue weighted by atomic mass is 32.1. The highest BCUT2D eigenvalue weighted by Gasteiger charge is 2.40. The average molecular weight is 333 g/mol. The zero-order chi connectivity index (χ0) is 15.8. The molecule has 0 saturated carbocycles. The van der Waals surface area contributed by atoms with Gasteiger partial charge in [-0.15, -0.1) is 11.3 Å². The lowest BCUT2D eigenvalue weighted by atomic mass is 10.1. The van der Waals surface area contributed by atoms with Crippen molar-refractivity contribution in [2.45, 2.75) is 39.1 Å². The molecule has 2 aromatic heterocycles. The van der Waals surface area contributed by atoms with Gasteiger partial charge in [0.2, 0.25) is 0 Å². The van der Waals surface area contributed by atoms with Crippen LogP contribution in [0.25, 0.3) is 0 Å². The summed E-state index contributed by atoms with van der Waals surface area (Å²) in [6, 6.07) is 4.82. The van der Waals surface area contributed by atoms with Crippen LogP contribution in [0.5, 0.6) is 0 Å². The van der Waals surface area contributed by atoms with E-state index in [0.29, 0.717) is 12.1 Å². The molecular formula is C17H23N3O2S. The Morgan fingerprint density at radius 1 is 1.30 bits per heavy atom. The summed E-state index contributed by atoms with van der Waals surface area (Å²) in [4.78, 5) is 6.50. The van der Waals surface area contributed by atoms with E-state index < -0.39 is 0 Å². The standard InChI is InChI=1S/C17H23N3O2S/c1-12-15(13(2)22-18-12)9-20-5-6-21-17-11-19(10-16(17)20)8-14-4-3-7-23-14/h3-4,7,16-17H,5-6,8-11H2,1-2H3/t16-,17-/m0/s1. The van der Waals surface area contributed by atoms with Crippen LogP contribution < -0.4 is 0 Å². The van der Waals surface area contributed by atoms with Crippen LogP contribution in [-0.2, 0) is 17.8 Å². The van der Waals surface area contributed by atoms with Crippen LogP contribution in [0.4, 0.5) is 0 Å². The third-order valence-electron chi connectivity index (χ3n) is 4.99. The van der Waals surface area contributed by atoms with Crippen LogP contribution in [0.2, 0.25) is 0 Å². The summed E-state index contributed by atoms with van der Waals surface area (Å²) in [5.74, 6) is 0.944. The van der Waals surface area contributed by atoms with Crippen LogP contribution in [0, 0.1) is 13.8 Å². The summed E-state index contributed by atoms with van der Waals surface area (Å²) in [6.07, 6.45) is 0.323. The van der Waals surface area contributed by atoms with Gasteiger partial charge < -0.3 is 9.26 Å². The highest BCUT2D eigenvalue weighted by molar-refractivity contribution is 7.09. The molecule has 0 aliphatic carbocycles. The van der Waals surface area contributed by atoms with Gasteiger partial charge in [0.05, 0.1) is 24.4 Å². The van der Waals surface area contributed by atoms with Gasteiger partial charge >= 0.3 is 0 Å². The van der Waals surface area contributed by atoms with Gasteiger partial charge in [0.25, 0.3) is 0 Å². The Balaban J connectivity index is 1.45.